The molecule has 2 atom stereocenters. The molecule has 1 aromatic heterocycles. The maximum absolute atomic E-state index is 11.1. The van der Waals surface area contributed by atoms with Gasteiger partial charge in [-0.15, -0.1) is 0 Å². The smallest absolute Gasteiger partial charge is 0.323 e. The summed E-state index contributed by atoms with van der Waals surface area (Å²) in [7, 11) is 0. The number of carboxylic acids is 1. The number of carbonyl (C=O) groups is 1. The summed E-state index contributed by atoms with van der Waals surface area (Å²) in [6.07, 6.45) is 1.60. The van der Waals surface area contributed by atoms with E-state index in [-0.39, 0.29) is 12.6 Å². The number of hydrogen-bond acceptors (Lipinski definition) is 4. The average molecular weight is 225 g/mol. The van der Waals surface area contributed by atoms with Crippen LogP contribution in [0, 0.1) is 0 Å². The zero-order valence-corrected chi connectivity index (χ0v) is 9.13. The van der Waals surface area contributed by atoms with E-state index in [4.69, 9.17) is 14.3 Å². The van der Waals surface area contributed by atoms with Crippen molar-refractivity contribution in [3.63, 3.8) is 0 Å². The molecular formula is C11H15NO4. The maximum Gasteiger partial charge on any atom is 0.323 e. The zero-order chi connectivity index (χ0) is 11.5. The van der Waals surface area contributed by atoms with Gasteiger partial charge in [-0.1, -0.05) is 0 Å². The first kappa shape index (κ1) is 11.2. The second kappa shape index (κ2) is 4.67. The van der Waals surface area contributed by atoms with Crippen LogP contribution in [0.3, 0.4) is 0 Å². The van der Waals surface area contributed by atoms with E-state index in [0.717, 1.165) is 5.76 Å². The molecule has 5 nitrogen and oxygen atoms in total. The van der Waals surface area contributed by atoms with Gasteiger partial charge in [0.25, 0.3) is 0 Å². The summed E-state index contributed by atoms with van der Waals surface area (Å²) in [5.41, 5.74) is 0. The standard InChI is InChI=1S/C11H15NO4/c1-8(10-3-2-5-16-10)12-4-6-15-7-9(12)11(13)14/h2-3,5,8-9H,4,6-7H2,1H3,(H,13,14). The van der Waals surface area contributed by atoms with E-state index in [9.17, 15) is 4.79 Å². The summed E-state index contributed by atoms with van der Waals surface area (Å²) in [5.74, 6) is -0.0637. The number of aliphatic carboxylic acids is 1. The summed E-state index contributed by atoms with van der Waals surface area (Å²) in [4.78, 5) is 13.0. The lowest BCUT2D eigenvalue weighted by molar-refractivity contribution is -0.151. The van der Waals surface area contributed by atoms with Crippen molar-refractivity contribution in [2.45, 2.75) is 19.0 Å². The first-order chi connectivity index (χ1) is 7.70. The second-order valence-corrected chi connectivity index (χ2v) is 3.86. The van der Waals surface area contributed by atoms with Crippen LogP contribution < -0.4 is 0 Å². The van der Waals surface area contributed by atoms with Crippen LogP contribution in [0.4, 0.5) is 0 Å². The first-order valence-electron chi connectivity index (χ1n) is 5.30. The minimum atomic E-state index is -0.849. The zero-order valence-electron chi connectivity index (χ0n) is 9.13. The van der Waals surface area contributed by atoms with Crippen molar-refractivity contribution >= 4 is 5.97 Å². The molecule has 5 heteroatoms. The predicted octanol–water partition coefficient (Wildman–Crippen LogP) is 1.13. The van der Waals surface area contributed by atoms with Gasteiger partial charge in [0, 0.05) is 6.54 Å². The van der Waals surface area contributed by atoms with Crippen LogP contribution in [0.5, 0.6) is 0 Å². The lowest BCUT2D eigenvalue weighted by Gasteiger charge is -2.36. The van der Waals surface area contributed by atoms with Gasteiger partial charge in [0.15, 0.2) is 0 Å². The van der Waals surface area contributed by atoms with E-state index < -0.39 is 12.0 Å². The van der Waals surface area contributed by atoms with Crippen molar-refractivity contribution in [1.82, 2.24) is 4.90 Å². The van der Waals surface area contributed by atoms with Crippen molar-refractivity contribution < 1.29 is 19.1 Å². The van der Waals surface area contributed by atoms with Gasteiger partial charge in [0.2, 0.25) is 0 Å². The Morgan fingerprint density at radius 1 is 1.69 bits per heavy atom. The summed E-state index contributed by atoms with van der Waals surface area (Å²) in [6.45, 7) is 3.36. The molecule has 88 valence electrons. The van der Waals surface area contributed by atoms with Gasteiger partial charge in [-0.3, -0.25) is 9.69 Å². The van der Waals surface area contributed by atoms with E-state index in [2.05, 4.69) is 0 Å². The monoisotopic (exact) mass is 225 g/mol. The highest BCUT2D eigenvalue weighted by atomic mass is 16.5. The van der Waals surface area contributed by atoms with Gasteiger partial charge in [-0.05, 0) is 19.1 Å². The molecule has 2 unspecified atom stereocenters. The van der Waals surface area contributed by atoms with Crippen molar-refractivity contribution in [1.29, 1.82) is 0 Å². The summed E-state index contributed by atoms with van der Waals surface area (Å²) in [5, 5.41) is 9.10. The van der Waals surface area contributed by atoms with E-state index in [1.54, 1.807) is 6.26 Å². The van der Waals surface area contributed by atoms with Gasteiger partial charge < -0.3 is 14.3 Å². The van der Waals surface area contributed by atoms with Gasteiger partial charge in [0.05, 0.1) is 25.5 Å². The van der Waals surface area contributed by atoms with Crippen molar-refractivity contribution in [3.05, 3.63) is 24.2 Å². The molecule has 0 radical (unpaired) electrons. The molecule has 2 heterocycles. The third-order valence-electron chi connectivity index (χ3n) is 2.91. The number of rotatable bonds is 3. The van der Waals surface area contributed by atoms with Gasteiger partial charge in [-0.2, -0.15) is 0 Å². The molecule has 0 aliphatic carbocycles. The lowest BCUT2D eigenvalue weighted by Crippen LogP contribution is -2.50. The molecular weight excluding hydrogens is 210 g/mol. The number of carboxylic acid groups (broad SMARTS) is 1. The topological polar surface area (TPSA) is 62.9 Å². The summed E-state index contributed by atoms with van der Waals surface area (Å²) >= 11 is 0. The SMILES string of the molecule is CC(c1ccco1)N1CCOCC1C(=O)O. The molecule has 0 spiro atoms. The Hall–Kier alpha value is -1.33. The van der Waals surface area contributed by atoms with Crippen LogP contribution in [-0.4, -0.2) is 41.8 Å². The molecule has 0 saturated carbocycles. The lowest BCUT2D eigenvalue weighted by atomic mass is 10.1. The number of ether oxygens (including phenoxy) is 1. The van der Waals surface area contributed by atoms with Crippen LogP contribution in [0.2, 0.25) is 0 Å². The maximum atomic E-state index is 11.1. The second-order valence-electron chi connectivity index (χ2n) is 3.86. The highest BCUT2D eigenvalue weighted by Crippen LogP contribution is 2.24. The van der Waals surface area contributed by atoms with Crippen LogP contribution in [-0.2, 0) is 9.53 Å². The minimum absolute atomic E-state index is 0.0417. The Balaban J connectivity index is 2.14. The molecule has 1 aliphatic rings. The van der Waals surface area contributed by atoms with Crippen LogP contribution in [0.25, 0.3) is 0 Å². The Bertz CT molecular complexity index is 349. The Kier molecular flexibility index (Phi) is 3.26. The fourth-order valence-corrected chi connectivity index (χ4v) is 1.99. The molecule has 16 heavy (non-hydrogen) atoms. The third-order valence-corrected chi connectivity index (χ3v) is 2.91. The van der Waals surface area contributed by atoms with E-state index in [1.807, 2.05) is 24.0 Å². The van der Waals surface area contributed by atoms with Gasteiger partial charge in [0.1, 0.15) is 11.8 Å². The summed E-state index contributed by atoms with van der Waals surface area (Å²) in [6, 6.07) is 3.04. The normalized spacial score (nSPS) is 24.2. The van der Waals surface area contributed by atoms with Crippen LogP contribution in [0.15, 0.2) is 22.8 Å². The van der Waals surface area contributed by atoms with E-state index in [1.165, 1.54) is 0 Å². The van der Waals surface area contributed by atoms with Crippen LogP contribution in [0.1, 0.15) is 18.7 Å². The number of furan rings is 1. The third kappa shape index (κ3) is 2.10. The van der Waals surface area contributed by atoms with Crippen molar-refractivity contribution in [2.24, 2.45) is 0 Å². The van der Waals surface area contributed by atoms with Gasteiger partial charge in [-0.25, -0.2) is 0 Å². The fraction of sp³-hybridized carbons (Fsp3) is 0.545. The molecule has 1 fully saturated rings. The number of hydrogen-bond donors (Lipinski definition) is 1. The molecule has 1 aliphatic heterocycles. The van der Waals surface area contributed by atoms with E-state index in [0.29, 0.717) is 13.2 Å². The molecule has 2 rings (SSSR count). The molecule has 1 N–H and O–H groups in total. The minimum Gasteiger partial charge on any atom is -0.480 e. The highest BCUT2D eigenvalue weighted by molar-refractivity contribution is 5.73. The van der Waals surface area contributed by atoms with Crippen molar-refractivity contribution in [2.75, 3.05) is 19.8 Å². The quantitative estimate of drug-likeness (QED) is 0.835. The molecule has 0 aromatic carbocycles. The van der Waals surface area contributed by atoms with E-state index >= 15 is 0 Å². The fourth-order valence-electron chi connectivity index (χ4n) is 1.99. The largest absolute Gasteiger partial charge is 0.480 e. The van der Waals surface area contributed by atoms with Gasteiger partial charge >= 0.3 is 5.97 Å². The molecule has 1 saturated heterocycles. The average Bonchev–Trinajstić information content (AvgIpc) is 2.81. The predicted molar refractivity (Wildman–Crippen MR) is 56.1 cm³/mol. The first-order valence-corrected chi connectivity index (χ1v) is 5.30. The molecule has 0 bridgehead atoms. The number of nitrogens with zero attached hydrogens (tertiary/aromatic N) is 1. The van der Waals surface area contributed by atoms with Crippen LogP contribution >= 0.6 is 0 Å². The highest BCUT2D eigenvalue weighted by Gasteiger charge is 2.33. The summed E-state index contributed by atoms with van der Waals surface area (Å²) < 4.78 is 10.5. The Labute approximate surface area is 93.6 Å². The van der Waals surface area contributed by atoms with Crippen molar-refractivity contribution in [3.8, 4) is 0 Å². The Morgan fingerprint density at radius 3 is 3.12 bits per heavy atom. The molecule has 1 aromatic rings. The Morgan fingerprint density at radius 2 is 2.50 bits per heavy atom. The molecule has 0 amide bonds. The number of morpholine rings is 1.